The lowest BCUT2D eigenvalue weighted by Gasteiger charge is -2.26. The van der Waals surface area contributed by atoms with E-state index < -0.39 is 11.7 Å². The van der Waals surface area contributed by atoms with E-state index >= 15 is 0 Å². The number of ether oxygens (including phenoxy) is 1. The van der Waals surface area contributed by atoms with E-state index in [-0.39, 0.29) is 17.9 Å². The molecule has 7 nitrogen and oxygen atoms in total. The Hall–Kier alpha value is -3.84. The molecule has 0 radical (unpaired) electrons. The second kappa shape index (κ2) is 11.0. The van der Waals surface area contributed by atoms with Gasteiger partial charge in [-0.05, 0) is 81.6 Å². The summed E-state index contributed by atoms with van der Waals surface area (Å²) in [7, 11) is 0. The molecule has 0 fully saturated rings. The number of fused-ring (bicyclic) bond motifs is 1. The van der Waals surface area contributed by atoms with Crippen molar-refractivity contribution in [2.45, 2.75) is 45.3 Å². The number of alkyl carbamates (subject to hydrolysis) is 1. The second-order valence-electron chi connectivity index (χ2n) is 9.87. The summed E-state index contributed by atoms with van der Waals surface area (Å²) in [6, 6.07) is 20.9. The predicted molar refractivity (Wildman–Crippen MR) is 145 cm³/mol. The van der Waals surface area contributed by atoms with Crippen molar-refractivity contribution in [1.82, 2.24) is 5.32 Å². The van der Waals surface area contributed by atoms with E-state index in [1.165, 1.54) is 0 Å². The fourth-order valence-electron chi connectivity index (χ4n) is 4.26. The number of rotatable bonds is 4. The van der Waals surface area contributed by atoms with Gasteiger partial charge in [0, 0.05) is 23.5 Å². The van der Waals surface area contributed by atoms with Crippen LogP contribution in [0.2, 0.25) is 5.02 Å². The summed E-state index contributed by atoms with van der Waals surface area (Å²) < 4.78 is 5.45. The Kier molecular flexibility index (Phi) is 7.83. The number of anilines is 2. The monoisotopic (exact) mass is 519 g/mol. The molecule has 1 atom stereocenters. The van der Waals surface area contributed by atoms with Crippen LogP contribution in [0.5, 0.6) is 0 Å². The third kappa shape index (κ3) is 6.49. The number of para-hydroxylation sites is 1. The zero-order chi connectivity index (χ0) is 26.6. The average molecular weight is 520 g/mol. The number of carbonyl (C=O) groups excluding carboxylic acids is 3. The van der Waals surface area contributed by atoms with Gasteiger partial charge < -0.3 is 20.3 Å². The van der Waals surface area contributed by atoms with Crippen molar-refractivity contribution in [3.63, 3.8) is 0 Å². The molecule has 37 heavy (non-hydrogen) atoms. The van der Waals surface area contributed by atoms with E-state index in [9.17, 15) is 14.4 Å². The molecule has 1 unspecified atom stereocenters. The molecule has 2 N–H and O–H groups in total. The number of hydrogen-bond donors (Lipinski definition) is 2. The molecule has 0 aliphatic carbocycles. The number of benzene rings is 3. The van der Waals surface area contributed by atoms with Gasteiger partial charge in [-0.2, -0.15) is 0 Å². The molecule has 4 rings (SSSR count). The van der Waals surface area contributed by atoms with Crippen LogP contribution in [0.25, 0.3) is 0 Å². The SMILES string of the molecule is CC(C)(C)OC(=O)NC1CCCN(C(=O)c2ccc(NC(=O)c3ccccc3Cl)cc2)c2ccccc21. The molecule has 3 aromatic rings. The summed E-state index contributed by atoms with van der Waals surface area (Å²) >= 11 is 6.12. The fourth-order valence-corrected chi connectivity index (χ4v) is 4.49. The fraction of sp³-hybridized carbons (Fsp3) is 0.276. The van der Waals surface area contributed by atoms with Gasteiger partial charge in [0.1, 0.15) is 5.60 Å². The molecule has 1 aliphatic heterocycles. The van der Waals surface area contributed by atoms with E-state index in [1.807, 2.05) is 45.0 Å². The zero-order valence-electron chi connectivity index (χ0n) is 21.1. The highest BCUT2D eigenvalue weighted by Crippen LogP contribution is 2.34. The summed E-state index contributed by atoms with van der Waals surface area (Å²) in [5.74, 6) is -0.482. The maximum Gasteiger partial charge on any atom is 0.408 e. The lowest BCUT2D eigenvalue weighted by Crippen LogP contribution is -2.35. The van der Waals surface area contributed by atoms with Crippen LogP contribution in [0.1, 0.15) is 65.9 Å². The molecule has 0 saturated heterocycles. The van der Waals surface area contributed by atoms with Gasteiger partial charge in [-0.15, -0.1) is 0 Å². The van der Waals surface area contributed by atoms with Gasteiger partial charge in [0.25, 0.3) is 11.8 Å². The first-order chi connectivity index (χ1) is 17.6. The van der Waals surface area contributed by atoms with Crippen molar-refractivity contribution >= 4 is 40.9 Å². The first kappa shape index (κ1) is 26.2. The summed E-state index contributed by atoms with van der Waals surface area (Å²) in [4.78, 5) is 40.3. The number of hydrogen-bond acceptors (Lipinski definition) is 4. The molecule has 1 aliphatic rings. The van der Waals surface area contributed by atoms with Crippen molar-refractivity contribution in [2.75, 3.05) is 16.8 Å². The minimum atomic E-state index is -0.602. The van der Waals surface area contributed by atoms with Crippen LogP contribution < -0.4 is 15.5 Å². The largest absolute Gasteiger partial charge is 0.444 e. The third-order valence-electron chi connectivity index (χ3n) is 5.92. The predicted octanol–water partition coefficient (Wildman–Crippen LogP) is 6.60. The van der Waals surface area contributed by atoms with Crippen molar-refractivity contribution in [3.8, 4) is 0 Å². The van der Waals surface area contributed by atoms with Crippen LogP contribution in [-0.4, -0.2) is 30.1 Å². The van der Waals surface area contributed by atoms with Crippen LogP contribution >= 0.6 is 11.6 Å². The van der Waals surface area contributed by atoms with Crippen molar-refractivity contribution in [3.05, 3.63) is 94.5 Å². The van der Waals surface area contributed by atoms with Crippen LogP contribution in [0.3, 0.4) is 0 Å². The van der Waals surface area contributed by atoms with Gasteiger partial charge in [0.2, 0.25) is 0 Å². The van der Waals surface area contributed by atoms with E-state index in [1.54, 1.807) is 53.4 Å². The molecule has 0 spiro atoms. The van der Waals surface area contributed by atoms with Crippen molar-refractivity contribution in [2.24, 2.45) is 0 Å². The standard InChI is InChI=1S/C29H30ClN3O4/c1-29(2,3)37-28(36)32-24-12-8-18-33(25-13-7-5-10-22(24)25)27(35)19-14-16-20(17-15-19)31-26(34)21-9-4-6-11-23(21)30/h4-7,9-11,13-17,24H,8,12,18H2,1-3H3,(H,31,34)(H,32,36). The zero-order valence-corrected chi connectivity index (χ0v) is 21.8. The summed E-state index contributed by atoms with van der Waals surface area (Å²) in [5.41, 5.74) is 2.43. The molecule has 8 heteroatoms. The van der Waals surface area contributed by atoms with Gasteiger partial charge in [-0.25, -0.2) is 4.79 Å². The smallest absolute Gasteiger partial charge is 0.408 e. The Labute approximate surface area is 221 Å². The normalized spacial score (nSPS) is 15.2. The summed E-state index contributed by atoms with van der Waals surface area (Å²) in [5, 5.41) is 6.14. The van der Waals surface area contributed by atoms with Gasteiger partial charge in [0.05, 0.1) is 16.6 Å². The number of carbonyl (C=O) groups is 3. The molecule has 0 aromatic heterocycles. The van der Waals surface area contributed by atoms with Gasteiger partial charge in [-0.3, -0.25) is 9.59 Å². The van der Waals surface area contributed by atoms with Gasteiger partial charge >= 0.3 is 6.09 Å². The lowest BCUT2D eigenvalue weighted by molar-refractivity contribution is 0.0501. The van der Waals surface area contributed by atoms with Crippen LogP contribution in [0.4, 0.5) is 16.2 Å². The number of nitrogens with one attached hydrogen (secondary N) is 2. The Bertz CT molecular complexity index is 1300. The quantitative estimate of drug-likeness (QED) is 0.406. The molecule has 0 bridgehead atoms. The van der Waals surface area contributed by atoms with Gasteiger partial charge in [0.15, 0.2) is 0 Å². The Balaban J connectivity index is 1.50. The first-order valence-electron chi connectivity index (χ1n) is 12.2. The second-order valence-corrected chi connectivity index (χ2v) is 10.3. The van der Waals surface area contributed by atoms with Crippen LogP contribution in [-0.2, 0) is 4.74 Å². The number of amides is 3. The molecular formula is C29H30ClN3O4. The average Bonchev–Trinajstić information content (AvgIpc) is 3.03. The minimum absolute atomic E-state index is 0.158. The molecule has 0 saturated carbocycles. The van der Waals surface area contributed by atoms with E-state index in [0.717, 1.165) is 11.3 Å². The van der Waals surface area contributed by atoms with Crippen molar-refractivity contribution in [1.29, 1.82) is 0 Å². The Morgan fingerprint density at radius 3 is 2.32 bits per heavy atom. The van der Waals surface area contributed by atoms with Gasteiger partial charge in [-0.1, -0.05) is 41.9 Å². The minimum Gasteiger partial charge on any atom is -0.444 e. The highest BCUT2D eigenvalue weighted by Gasteiger charge is 2.29. The Morgan fingerprint density at radius 1 is 0.946 bits per heavy atom. The maximum absolute atomic E-state index is 13.5. The third-order valence-corrected chi connectivity index (χ3v) is 6.25. The van der Waals surface area contributed by atoms with Crippen molar-refractivity contribution < 1.29 is 19.1 Å². The maximum atomic E-state index is 13.5. The number of nitrogens with zero attached hydrogens (tertiary/aromatic N) is 1. The number of halogens is 1. The van der Waals surface area contributed by atoms with E-state index in [0.29, 0.717) is 41.2 Å². The van der Waals surface area contributed by atoms with Crippen LogP contribution in [0, 0.1) is 0 Å². The van der Waals surface area contributed by atoms with E-state index in [4.69, 9.17) is 16.3 Å². The molecule has 192 valence electrons. The highest BCUT2D eigenvalue weighted by molar-refractivity contribution is 6.34. The topological polar surface area (TPSA) is 87.7 Å². The molecule has 3 aromatic carbocycles. The van der Waals surface area contributed by atoms with E-state index in [2.05, 4.69) is 10.6 Å². The summed E-state index contributed by atoms with van der Waals surface area (Å²) in [6.07, 6.45) is 0.890. The van der Waals surface area contributed by atoms with Crippen LogP contribution in [0.15, 0.2) is 72.8 Å². The molecule has 1 heterocycles. The summed E-state index contributed by atoms with van der Waals surface area (Å²) in [6.45, 7) is 5.97. The Morgan fingerprint density at radius 2 is 1.62 bits per heavy atom. The lowest BCUT2D eigenvalue weighted by atomic mass is 10.0. The first-order valence-corrected chi connectivity index (χ1v) is 12.6. The highest BCUT2D eigenvalue weighted by atomic mass is 35.5. The molecular weight excluding hydrogens is 490 g/mol. The molecule has 3 amide bonds.